The van der Waals surface area contributed by atoms with E-state index in [1.165, 1.54) is 24.2 Å². The highest BCUT2D eigenvalue weighted by Crippen LogP contribution is 2.36. The van der Waals surface area contributed by atoms with Gasteiger partial charge in [0.25, 0.3) is 0 Å². The Morgan fingerprint density at radius 2 is 1.67 bits per heavy atom. The fraction of sp³-hybridized carbons (Fsp3) is 0.588. The molecule has 14 heteroatoms. The van der Waals surface area contributed by atoms with Gasteiger partial charge >= 0.3 is 6.16 Å². The summed E-state index contributed by atoms with van der Waals surface area (Å²) in [6, 6.07) is 10.7. The minimum Gasteiger partial charge on any atom is -0.481 e. The molecule has 3 aromatic rings. The predicted molar refractivity (Wildman–Crippen MR) is 183 cm³/mol. The van der Waals surface area contributed by atoms with E-state index in [0.717, 1.165) is 57.2 Å². The van der Waals surface area contributed by atoms with E-state index in [9.17, 15) is 18.0 Å². The van der Waals surface area contributed by atoms with Crippen LogP contribution in [0.5, 0.6) is 5.88 Å². The third kappa shape index (κ3) is 8.10. The number of methoxy groups -OCH3 is 1. The maximum atomic E-state index is 13.7. The Hall–Kier alpha value is -3.33. The zero-order valence-electron chi connectivity index (χ0n) is 27.6. The van der Waals surface area contributed by atoms with Crippen molar-refractivity contribution in [2.24, 2.45) is 5.92 Å². The second kappa shape index (κ2) is 15.5. The molecule has 0 radical (unpaired) electrons. The Kier molecular flexibility index (Phi) is 11.1. The average Bonchev–Trinajstić information content (AvgIpc) is 3.77. The van der Waals surface area contributed by atoms with Crippen molar-refractivity contribution >= 4 is 48.9 Å². The molecule has 2 aliphatic heterocycles. The monoisotopic (exact) mass is 699 g/mol. The van der Waals surface area contributed by atoms with Gasteiger partial charge in [0.2, 0.25) is 21.8 Å². The fourth-order valence-corrected chi connectivity index (χ4v) is 9.55. The first-order valence-electron chi connectivity index (χ1n) is 17.0. The van der Waals surface area contributed by atoms with Crippen LogP contribution in [0.1, 0.15) is 76.2 Å². The smallest absolute Gasteiger partial charge is 0.481 e. The summed E-state index contributed by atoms with van der Waals surface area (Å²) in [6.45, 7) is 4.56. The van der Waals surface area contributed by atoms with E-state index < -0.39 is 22.1 Å². The van der Waals surface area contributed by atoms with Crippen molar-refractivity contribution < 1.29 is 32.2 Å². The van der Waals surface area contributed by atoms with Gasteiger partial charge in [0.15, 0.2) is 5.13 Å². The number of anilines is 1. The maximum absolute atomic E-state index is 13.7. The summed E-state index contributed by atoms with van der Waals surface area (Å²) in [7, 11) is -2.12. The molecule has 1 saturated carbocycles. The molecule has 6 rings (SSSR count). The number of rotatable bonds is 11. The van der Waals surface area contributed by atoms with Gasteiger partial charge in [0, 0.05) is 38.3 Å². The van der Waals surface area contributed by atoms with Crippen LogP contribution >= 0.6 is 11.3 Å². The summed E-state index contributed by atoms with van der Waals surface area (Å²) in [5.41, 5.74) is 1.49. The molecule has 1 N–H and O–H groups in total. The third-order valence-corrected chi connectivity index (χ3v) is 12.7. The van der Waals surface area contributed by atoms with Crippen LogP contribution < -0.4 is 10.1 Å². The number of ether oxygens (including phenoxy) is 3. The second-order valence-electron chi connectivity index (χ2n) is 12.9. The van der Waals surface area contributed by atoms with Crippen LogP contribution in [0.2, 0.25) is 0 Å². The fourth-order valence-electron chi connectivity index (χ4n) is 7.25. The van der Waals surface area contributed by atoms with Gasteiger partial charge in [-0.05, 0) is 68.7 Å². The van der Waals surface area contributed by atoms with Crippen LogP contribution in [0, 0.1) is 5.92 Å². The minimum atomic E-state index is -3.68. The Bertz CT molecular complexity index is 1660. The van der Waals surface area contributed by atoms with Crippen LogP contribution in [0.3, 0.4) is 0 Å². The molecule has 1 atom stereocenters. The number of piperidine rings is 2. The number of carbonyl (C=O) groups excluding carboxylic acids is 2. The van der Waals surface area contributed by atoms with Crippen LogP contribution in [-0.2, 0) is 24.3 Å². The van der Waals surface area contributed by atoms with Gasteiger partial charge < -0.3 is 24.4 Å². The lowest BCUT2D eigenvalue weighted by Gasteiger charge is -2.41. The molecule has 0 bridgehead atoms. The summed E-state index contributed by atoms with van der Waals surface area (Å²) < 4.78 is 44.5. The Balaban J connectivity index is 1.08. The number of fused-ring (bicyclic) bond motifs is 1. The highest BCUT2D eigenvalue weighted by molar-refractivity contribution is 7.89. The van der Waals surface area contributed by atoms with Crippen LogP contribution in [0.15, 0.2) is 41.3 Å². The molecule has 2 aromatic heterocycles. The molecule has 1 aliphatic carbocycles. The summed E-state index contributed by atoms with van der Waals surface area (Å²) in [5.74, 6) is 0.355. The van der Waals surface area contributed by atoms with Gasteiger partial charge in [-0.3, -0.25) is 4.79 Å². The molecule has 1 amide bonds. The summed E-state index contributed by atoms with van der Waals surface area (Å²) in [5, 5.41) is 3.49. The van der Waals surface area contributed by atoms with Crippen LogP contribution in [0.25, 0.3) is 10.3 Å². The summed E-state index contributed by atoms with van der Waals surface area (Å²) in [6.07, 6.45) is 7.47. The normalized spacial score (nSPS) is 19.7. The number of sulfonamides is 1. The van der Waals surface area contributed by atoms with Crippen molar-refractivity contribution in [1.29, 1.82) is 0 Å². The number of likely N-dealkylation sites (tertiary alicyclic amines) is 1. The third-order valence-electron chi connectivity index (χ3n) is 9.89. The lowest BCUT2D eigenvalue weighted by Crippen LogP contribution is -2.49. The van der Waals surface area contributed by atoms with Crippen LogP contribution in [0.4, 0.5) is 9.93 Å². The first-order chi connectivity index (χ1) is 23.2. The Labute approximate surface area is 286 Å². The molecule has 1 unspecified atom stereocenters. The summed E-state index contributed by atoms with van der Waals surface area (Å²) >= 11 is 1.30. The van der Waals surface area contributed by atoms with Crippen LogP contribution in [-0.4, -0.2) is 91.7 Å². The summed E-state index contributed by atoms with van der Waals surface area (Å²) in [4.78, 5) is 37.7. The molecule has 1 aromatic carbocycles. The Morgan fingerprint density at radius 3 is 2.33 bits per heavy atom. The first-order valence-corrected chi connectivity index (χ1v) is 19.3. The number of pyridine rings is 1. The van der Waals surface area contributed by atoms with Gasteiger partial charge in [-0.25, -0.2) is 23.2 Å². The standard InChI is InChI=1S/C34H45N5O7S2/c1-3-45-34(41)46-26-16-18-38(19-17-26)25-14-20-39(21-15-25)48(42,43)27-10-8-24(9-11-27)28(22-23-6-4-5-7-23)31(40)37-33-35-29-12-13-30(44-2)36-32(29)47-33/h8-13,23,25-26,28H,3-7,14-22H2,1-2H3,(H,35,37,40). The number of nitrogens with one attached hydrogen (secondary N) is 1. The topological polar surface area (TPSA) is 140 Å². The van der Waals surface area contributed by atoms with E-state index in [4.69, 9.17) is 14.2 Å². The molecular weight excluding hydrogens is 655 g/mol. The largest absolute Gasteiger partial charge is 0.508 e. The first kappa shape index (κ1) is 34.5. The number of aromatic nitrogens is 2. The SMILES string of the molecule is CCOC(=O)OC1CCN(C2CCN(S(=O)(=O)c3ccc(C(CC4CCCC4)C(=O)Nc4nc5ccc(OC)nc5s4)cc3)CC2)CC1. The van der Waals surface area contributed by atoms with Crippen molar-refractivity contribution in [3.05, 3.63) is 42.0 Å². The number of nitrogens with zero attached hydrogens (tertiary/aromatic N) is 4. The number of carbonyl (C=O) groups is 2. The van der Waals surface area contributed by atoms with Gasteiger partial charge in [0.1, 0.15) is 16.5 Å². The van der Waals surface area contributed by atoms with Crippen molar-refractivity contribution in [2.45, 2.75) is 87.7 Å². The lowest BCUT2D eigenvalue weighted by atomic mass is 9.87. The minimum absolute atomic E-state index is 0.137. The lowest BCUT2D eigenvalue weighted by molar-refractivity contribution is -0.118. The van der Waals surface area contributed by atoms with E-state index in [1.807, 2.05) is 6.07 Å². The van der Waals surface area contributed by atoms with E-state index in [2.05, 4.69) is 20.2 Å². The number of thiazole rings is 1. The highest BCUT2D eigenvalue weighted by atomic mass is 32.2. The van der Waals surface area contributed by atoms with Crippen molar-refractivity contribution in [3.8, 4) is 5.88 Å². The zero-order chi connectivity index (χ0) is 33.7. The van der Waals surface area contributed by atoms with Gasteiger partial charge in [0.05, 0.1) is 24.5 Å². The molecule has 12 nitrogen and oxygen atoms in total. The molecule has 3 aliphatic rings. The number of hydrogen-bond acceptors (Lipinski definition) is 11. The molecule has 48 heavy (non-hydrogen) atoms. The molecule has 4 heterocycles. The average molecular weight is 700 g/mol. The number of amides is 1. The van der Waals surface area contributed by atoms with E-state index >= 15 is 0 Å². The van der Waals surface area contributed by atoms with Gasteiger partial charge in [-0.2, -0.15) is 4.31 Å². The maximum Gasteiger partial charge on any atom is 0.508 e. The van der Waals surface area contributed by atoms with Gasteiger partial charge in [-0.15, -0.1) is 0 Å². The predicted octanol–water partition coefficient (Wildman–Crippen LogP) is 5.79. The molecule has 2 saturated heterocycles. The van der Waals surface area contributed by atoms with E-state index in [-0.39, 0.29) is 16.9 Å². The van der Waals surface area contributed by atoms with Crippen molar-refractivity contribution in [1.82, 2.24) is 19.2 Å². The zero-order valence-corrected chi connectivity index (χ0v) is 29.3. The van der Waals surface area contributed by atoms with E-state index in [1.54, 1.807) is 48.7 Å². The van der Waals surface area contributed by atoms with Crippen molar-refractivity contribution in [2.75, 3.05) is 45.2 Å². The number of benzene rings is 1. The second-order valence-corrected chi connectivity index (χ2v) is 15.8. The van der Waals surface area contributed by atoms with E-state index in [0.29, 0.717) is 59.4 Å². The highest BCUT2D eigenvalue weighted by Gasteiger charge is 2.34. The van der Waals surface area contributed by atoms with Crippen molar-refractivity contribution in [3.63, 3.8) is 0 Å². The quantitative estimate of drug-likeness (QED) is 0.245. The Morgan fingerprint density at radius 1 is 0.958 bits per heavy atom. The molecule has 3 fully saturated rings. The number of hydrogen-bond donors (Lipinski definition) is 1. The molecule has 0 spiro atoms. The van der Waals surface area contributed by atoms with Gasteiger partial charge in [-0.1, -0.05) is 49.2 Å². The molecule has 260 valence electrons. The molecular formula is C34H45N5O7S2.